The van der Waals surface area contributed by atoms with Crippen LogP contribution in [0.2, 0.25) is 0 Å². The number of nitrogens with zero attached hydrogens (tertiary/aromatic N) is 4. The molecule has 2 heterocycles. The molecule has 0 radical (unpaired) electrons. The Kier molecular flexibility index (Phi) is 2.93. The van der Waals surface area contributed by atoms with Gasteiger partial charge in [0, 0.05) is 13.1 Å². The van der Waals surface area contributed by atoms with Gasteiger partial charge in [-0.25, -0.2) is 0 Å². The average molecular weight is 197 g/mol. The zero-order chi connectivity index (χ0) is 9.80. The predicted molar refractivity (Wildman–Crippen MR) is 49.9 cm³/mol. The molecule has 1 atom stereocenters. The minimum atomic E-state index is 0.445. The minimum Gasteiger partial charge on any atom is -0.461 e. The maximum absolute atomic E-state index is 5.48. The maximum atomic E-state index is 5.48. The van der Waals surface area contributed by atoms with Gasteiger partial charge in [0.05, 0.1) is 0 Å². The van der Waals surface area contributed by atoms with Crippen LogP contribution < -0.4 is 10.1 Å². The van der Waals surface area contributed by atoms with Gasteiger partial charge < -0.3 is 10.1 Å². The summed E-state index contributed by atoms with van der Waals surface area (Å²) in [6, 6.07) is 0.929. The highest BCUT2D eigenvalue weighted by atomic mass is 16.5. The summed E-state index contributed by atoms with van der Waals surface area (Å²) in [7, 11) is 1.77. The molecule has 1 saturated heterocycles. The summed E-state index contributed by atoms with van der Waals surface area (Å²) in [6.07, 6.45) is 3.71. The lowest BCUT2D eigenvalue weighted by atomic mass is 10.1. The highest BCUT2D eigenvalue weighted by Gasteiger charge is 2.14. The van der Waals surface area contributed by atoms with Crippen LogP contribution in [0.15, 0.2) is 0 Å². The van der Waals surface area contributed by atoms with Crippen molar-refractivity contribution in [1.82, 2.24) is 25.5 Å². The summed E-state index contributed by atoms with van der Waals surface area (Å²) in [5, 5.41) is 14.3. The third kappa shape index (κ3) is 2.20. The van der Waals surface area contributed by atoms with Crippen LogP contribution in [0.25, 0.3) is 0 Å². The summed E-state index contributed by atoms with van der Waals surface area (Å²) < 4.78 is 7.01. The quantitative estimate of drug-likeness (QED) is 0.722. The average Bonchev–Trinajstić information content (AvgIpc) is 2.63. The molecule has 0 aliphatic carbocycles. The summed E-state index contributed by atoms with van der Waals surface area (Å²) in [6.45, 7) is 1.74. The van der Waals surface area contributed by atoms with E-state index in [2.05, 4.69) is 20.8 Å². The van der Waals surface area contributed by atoms with Crippen molar-refractivity contribution in [2.75, 3.05) is 13.2 Å². The molecule has 1 unspecified atom stereocenters. The van der Waals surface area contributed by atoms with E-state index in [-0.39, 0.29) is 0 Å². The number of hydrogen-bond donors (Lipinski definition) is 1. The molecule has 1 aromatic rings. The van der Waals surface area contributed by atoms with Gasteiger partial charge in [-0.3, -0.25) is 0 Å². The van der Waals surface area contributed by atoms with Gasteiger partial charge in [0.2, 0.25) is 0 Å². The van der Waals surface area contributed by atoms with Crippen molar-refractivity contribution in [1.29, 1.82) is 0 Å². The Morgan fingerprint density at radius 3 is 3.14 bits per heavy atom. The largest absolute Gasteiger partial charge is 0.461 e. The van der Waals surface area contributed by atoms with Gasteiger partial charge in [0.25, 0.3) is 0 Å². The lowest BCUT2D eigenvalue weighted by Gasteiger charge is -2.22. The van der Waals surface area contributed by atoms with Crippen molar-refractivity contribution >= 4 is 0 Å². The van der Waals surface area contributed by atoms with Gasteiger partial charge in [-0.2, -0.15) is 4.68 Å². The van der Waals surface area contributed by atoms with Crippen LogP contribution in [0.4, 0.5) is 0 Å². The van der Waals surface area contributed by atoms with Gasteiger partial charge in [-0.15, -0.1) is 0 Å². The second-order valence-corrected chi connectivity index (χ2v) is 3.54. The van der Waals surface area contributed by atoms with Crippen LogP contribution in [-0.2, 0) is 7.05 Å². The number of aromatic nitrogens is 4. The highest BCUT2D eigenvalue weighted by Crippen LogP contribution is 2.08. The Bertz CT molecular complexity index is 281. The van der Waals surface area contributed by atoms with E-state index in [0.717, 1.165) is 6.54 Å². The van der Waals surface area contributed by atoms with E-state index >= 15 is 0 Å². The SMILES string of the molecule is Cn1nnnc1OCC1CCCCN1. The molecule has 0 aromatic carbocycles. The first kappa shape index (κ1) is 9.39. The first-order valence-electron chi connectivity index (χ1n) is 4.95. The molecule has 2 rings (SSSR count). The van der Waals surface area contributed by atoms with Crippen LogP contribution in [0.1, 0.15) is 19.3 Å². The summed E-state index contributed by atoms with van der Waals surface area (Å²) in [5.74, 6) is 0. The third-order valence-corrected chi connectivity index (χ3v) is 2.41. The van der Waals surface area contributed by atoms with E-state index in [4.69, 9.17) is 4.74 Å². The normalized spacial score (nSPS) is 22.2. The molecule has 0 saturated carbocycles. The van der Waals surface area contributed by atoms with Crippen LogP contribution >= 0.6 is 0 Å². The molecule has 1 aromatic heterocycles. The lowest BCUT2D eigenvalue weighted by Crippen LogP contribution is -2.38. The second kappa shape index (κ2) is 4.36. The second-order valence-electron chi connectivity index (χ2n) is 3.54. The Balaban J connectivity index is 1.79. The van der Waals surface area contributed by atoms with Crippen molar-refractivity contribution in [3.8, 4) is 6.01 Å². The molecule has 0 bridgehead atoms. The van der Waals surface area contributed by atoms with E-state index in [0.29, 0.717) is 18.7 Å². The van der Waals surface area contributed by atoms with E-state index in [1.807, 2.05) is 0 Å². The minimum absolute atomic E-state index is 0.445. The number of piperidine rings is 1. The van der Waals surface area contributed by atoms with Gasteiger partial charge in [0.1, 0.15) is 6.61 Å². The molecule has 0 spiro atoms. The first-order chi connectivity index (χ1) is 6.86. The van der Waals surface area contributed by atoms with Crippen LogP contribution in [0, 0.1) is 0 Å². The van der Waals surface area contributed by atoms with E-state index < -0.39 is 0 Å². The van der Waals surface area contributed by atoms with Crippen LogP contribution in [-0.4, -0.2) is 39.4 Å². The first-order valence-corrected chi connectivity index (χ1v) is 4.95. The number of ether oxygens (including phenoxy) is 1. The van der Waals surface area contributed by atoms with Crippen LogP contribution in [0.5, 0.6) is 6.01 Å². The van der Waals surface area contributed by atoms with Gasteiger partial charge in [-0.05, 0) is 29.8 Å². The number of aryl methyl sites for hydroxylation is 1. The Morgan fingerprint density at radius 1 is 1.57 bits per heavy atom. The fourth-order valence-corrected chi connectivity index (χ4v) is 1.58. The summed E-state index contributed by atoms with van der Waals surface area (Å²) in [5.41, 5.74) is 0. The van der Waals surface area contributed by atoms with Gasteiger partial charge in [-0.1, -0.05) is 11.5 Å². The molecular weight excluding hydrogens is 182 g/mol. The molecule has 1 fully saturated rings. The van der Waals surface area contributed by atoms with Crippen LogP contribution in [0.3, 0.4) is 0 Å². The Hall–Kier alpha value is -1.17. The van der Waals surface area contributed by atoms with Crippen molar-refractivity contribution in [2.24, 2.45) is 7.05 Å². The molecule has 14 heavy (non-hydrogen) atoms. The fraction of sp³-hybridized carbons (Fsp3) is 0.875. The third-order valence-electron chi connectivity index (χ3n) is 2.41. The highest BCUT2D eigenvalue weighted by molar-refractivity contribution is 4.86. The monoisotopic (exact) mass is 197 g/mol. The van der Waals surface area contributed by atoms with Crippen molar-refractivity contribution < 1.29 is 4.74 Å². The number of rotatable bonds is 3. The van der Waals surface area contributed by atoms with Crippen molar-refractivity contribution in [3.63, 3.8) is 0 Å². The molecule has 0 amide bonds. The van der Waals surface area contributed by atoms with Gasteiger partial charge in [0.15, 0.2) is 0 Å². The van der Waals surface area contributed by atoms with E-state index in [1.54, 1.807) is 7.05 Å². The molecule has 6 nitrogen and oxygen atoms in total. The molecule has 1 aliphatic rings. The standard InChI is InChI=1S/C8H15N5O/c1-13-8(10-11-12-13)14-6-7-4-2-3-5-9-7/h7,9H,2-6H2,1H3. The van der Waals surface area contributed by atoms with Crippen molar-refractivity contribution in [3.05, 3.63) is 0 Å². The van der Waals surface area contributed by atoms with Crippen molar-refractivity contribution in [2.45, 2.75) is 25.3 Å². The molecule has 6 heteroatoms. The maximum Gasteiger partial charge on any atom is 0.335 e. The number of tetrazole rings is 1. The molecule has 1 N–H and O–H groups in total. The molecular formula is C8H15N5O. The molecule has 78 valence electrons. The summed E-state index contributed by atoms with van der Waals surface area (Å²) >= 11 is 0. The zero-order valence-electron chi connectivity index (χ0n) is 8.31. The topological polar surface area (TPSA) is 64.9 Å². The van der Waals surface area contributed by atoms with Gasteiger partial charge >= 0.3 is 6.01 Å². The summed E-state index contributed by atoms with van der Waals surface area (Å²) in [4.78, 5) is 0. The molecule has 1 aliphatic heterocycles. The predicted octanol–water partition coefficient (Wildman–Crippen LogP) is -0.269. The van der Waals surface area contributed by atoms with E-state index in [1.165, 1.54) is 23.9 Å². The zero-order valence-corrected chi connectivity index (χ0v) is 8.31. The fourth-order valence-electron chi connectivity index (χ4n) is 1.58. The Labute approximate surface area is 82.6 Å². The smallest absolute Gasteiger partial charge is 0.335 e. The lowest BCUT2D eigenvalue weighted by molar-refractivity contribution is 0.216. The number of hydrogen-bond acceptors (Lipinski definition) is 5. The number of nitrogens with one attached hydrogen (secondary N) is 1. The van der Waals surface area contributed by atoms with E-state index in [9.17, 15) is 0 Å². The Morgan fingerprint density at radius 2 is 2.50 bits per heavy atom.